The van der Waals surface area contributed by atoms with Crippen LogP contribution >= 0.6 is 0 Å². The van der Waals surface area contributed by atoms with Crippen LogP contribution in [0.5, 0.6) is 0 Å². The zero-order valence-corrected chi connectivity index (χ0v) is 52.4. The van der Waals surface area contributed by atoms with Crippen LogP contribution in [-0.4, -0.2) is 50.3 Å². The van der Waals surface area contributed by atoms with Gasteiger partial charge in [-0.3, -0.25) is 0 Å². The van der Waals surface area contributed by atoms with Gasteiger partial charge in [0.1, 0.15) is 0 Å². The fraction of sp³-hybridized carbons (Fsp3) is 0.676. The largest absolute Gasteiger partial charge is 0.462 e. The second-order valence-corrected chi connectivity index (χ2v) is 24.4. The van der Waals surface area contributed by atoms with E-state index in [1.807, 2.05) is 24.3 Å². The molecule has 0 saturated carbocycles. The molecule has 0 atom stereocenters. The van der Waals surface area contributed by atoms with E-state index in [1.165, 1.54) is 180 Å². The molecule has 0 aromatic heterocycles. The van der Waals surface area contributed by atoms with Gasteiger partial charge in [-0.1, -0.05) is 283 Å². The molecule has 4 aromatic rings. The van der Waals surface area contributed by atoms with Crippen molar-refractivity contribution in [1.29, 1.82) is 0 Å². The Morgan fingerprint density at radius 3 is 0.573 bits per heavy atom. The Hall–Kier alpha value is -4.72. The number of carbonyl (C=O) groups excluding carboxylic acids is 4. The van der Waals surface area contributed by atoms with E-state index in [0.29, 0.717) is 39.3 Å². The van der Waals surface area contributed by atoms with Gasteiger partial charge in [-0.2, -0.15) is 0 Å². The first-order valence-corrected chi connectivity index (χ1v) is 34.1. The minimum atomic E-state index is -0.488. The third-order valence-electron chi connectivity index (χ3n) is 17.2. The van der Waals surface area contributed by atoms with Crippen molar-refractivity contribution in [3.63, 3.8) is 0 Å². The maximum Gasteiger partial charge on any atom is 0.339 e. The molecular formula is C74H112O8. The predicted molar refractivity (Wildman–Crippen MR) is 342 cm³/mol. The third kappa shape index (κ3) is 25.6. The summed E-state index contributed by atoms with van der Waals surface area (Å²) in [6.45, 7) is 10.3. The Kier molecular flexibility index (Phi) is 35.0. The Labute approximate surface area is 498 Å². The van der Waals surface area contributed by atoms with Crippen molar-refractivity contribution in [3.05, 3.63) is 93.0 Å². The van der Waals surface area contributed by atoms with Crippen molar-refractivity contribution in [2.24, 2.45) is 0 Å². The fourth-order valence-electron chi connectivity index (χ4n) is 12.0. The van der Waals surface area contributed by atoms with E-state index in [1.54, 1.807) is 0 Å². The Bertz CT molecular complexity index is 2120. The lowest BCUT2D eigenvalue weighted by atomic mass is 9.82. The van der Waals surface area contributed by atoms with Crippen LogP contribution in [0.4, 0.5) is 0 Å². The van der Waals surface area contributed by atoms with Gasteiger partial charge in [0.25, 0.3) is 0 Å². The number of rotatable bonds is 48. The number of hydrogen-bond acceptors (Lipinski definition) is 8. The number of benzene rings is 4. The average Bonchev–Trinajstić information content (AvgIpc) is 3.63. The van der Waals surface area contributed by atoms with Gasteiger partial charge in [-0.05, 0) is 107 Å². The Morgan fingerprint density at radius 2 is 0.402 bits per heavy atom. The second kappa shape index (κ2) is 42.1. The number of hydrogen-bond donors (Lipinski definition) is 0. The summed E-state index contributed by atoms with van der Waals surface area (Å²) in [5.74, 6) is -1.95. The van der Waals surface area contributed by atoms with Crippen LogP contribution < -0.4 is 0 Å². The summed E-state index contributed by atoms with van der Waals surface area (Å²) >= 11 is 0. The highest BCUT2D eigenvalue weighted by molar-refractivity contribution is 6.09. The first-order valence-electron chi connectivity index (χ1n) is 34.1. The number of carbonyl (C=O) groups is 4. The van der Waals surface area contributed by atoms with Crippen LogP contribution in [0.3, 0.4) is 0 Å². The van der Waals surface area contributed by atoms with Gasteiger partial charge in [0.05, 0.1) is 48.7 Å². The van der Waals surface area contributed by atoms with E-state index < -0.39 is 23.9 Å². The molecule has 0 bridgehead atoms. The fourth-order valence-corrected chi connectivity index (χ4v) is 12.0. The average molecular weight is 1130 g/mol. The topological polar surface area (TPSA) is 105 Å². The molecule has 0 spiro atoms. The van der Waals surface area contributed by atoms with Crippen LogP contribution in [0.25, 0.3) is 21.5 Å². The molecule has 1 aliphatic carbocycles. The summed E-state index contributed by atoms with van der Waals surface area (Å²) in [5, 5.41) is 3.48. The molecule has 456 valence electrons. The van der Waals surface area contributed by atoms with E-state index in [-0.39, 0.29) is 22.3 Å². The summed E-state index contributed by atoms with van der Waals surface area (Å²) in [5.41, 5.74) is 5.57. The molecule has 8 nitrogen and oxygen atoms in total. The predicted octanol–water partition coefficient (Wildman–Crippen LogP) is 21.8. The van der Waals surface area contributed by atoms with Crippen molar-refractivity contribution in [2.75, 3.05) is 26.4 Å². The Morgan fingerprint density at radius 1 is 0.244 bits per heavy atom. The van der Waals surface area contributed by atoms with Crippen LogP contribution in [-0.2, 0) is 31.8 Å². The molecule has 4 aromatic carbocycles. The smallest absolute Gasteiger partial charge is 0.339 e. The highest BCUT2D eigenvalue weighted by Crippen LogP contribution is 2.36. The van der Waals surface area contributed by atoms with Crippen LogP contribution in [0.1, 0.15) is 348 Å². The number of ether oxygens (including phenoxy) is 4. The molecule has 8 heteroatoms. The molecule has 0 N–H and O–H groups in total. The summed E-state index contributed by atoms with van der Waals surface area (Å²) in [6.07, 6.45) is 48.9. The van der Waals surface area contributed by atoms with Crippen molar-refractivity contribution in [2.45, 2.75) is 297 Å². The number of fused-ring (bicyclic) bond motifs is 4. The van der Waals surface area contributed by atoms with E-state index in [4.69, 9.17) is 18.9 Å². The number of esters is 4. The van der Waals surface area contributed by atoms with E-state index in [9.17, 15) is 19.2 Å². The van der Waals surface area contributed by atoms with Crippen molar-refractivity contribution in [3.8, 4) is 0 Å². The highest BCUT2D eigenvalue weighted by atomic mass is 16.5. The van der Waals surface area contributed by atoms with Gasteiger partial charge >= 0.3 is 23.9 Å². The lowest BCUT2D eigenvalue weighted by Gasteiger charge is -2.22. The van der Waals surface area contributed by atoms with Gasteiger partial charge in [-0.25, -0.2) is 19.2 Å². The monoisotopic (exact) mass is 1130 g/mol. The molecule has 0 unspecified atom stereocenters. The molecule has 0 saturated heterocycles. The maximum absolute atomic E-state index is 14.0. The van der Waals surface area contributed by atoms with Crippen LogP contribution in [0, 0.1) is 0 Å². The van der Waals surface area contributed by atoms with Gasteiger partial charge in [0.15, 0.2) is 0 Å². The van der Waals surface area contributed by atoms with Gasteiger partial charge < -0.3 is 18.9 Å². The van der Waals surface area contributed by atoms with E-state index in [2.05, 4.69) is 52.0 Å². The molecule has 0 aliphatic heterocycles. The Balaban J connectivity index is 1.29. The SMILES string of the molecule is CCCCCCCCCCCCOC(=O)c1cc2cc3c(cc2cc1C(=O)OCCCCCCCCCCCC)Cc1cc2cc(C(=O)OCCCCCCCCCCCC)c(C(=O)OCCCCCCCCCCCC)cc2cc1C3. The molecule has 1 aliphatic rings. The number of unbranched alkanes of at least 4 members (excludes halogenated alkanes) is 36. The highest BCUT2D eigenvalue weighted by Gasteiger charge is 2.26. The molecule has 0 heterocycles. The molecule has 0 radical (unpaired) electrons. The first-order chi connectivity index (χ1) is 40.3. The van der Waals surface area contributed by atoms with E-state index >= 15 is 0 Å². The van der Waals surface area contributed by atoms with Crippen LogP contribution in [0.15, 0.2) is 48.5 Å². The molecule has 0 amide bonds. The van der Waals surface area contributed by atoms with Crippen molar-refractivity contribution < 1.29 is 38.1 Å². The van der Waals surface area contributed by atoms with E-state index in [0.717, 1.165) is 121 Å². The second-order valence-electron chi connectivity index (χ2n) is 24.4. The van der Waals surface area contributed by atoms with Crippen molar-refractivity contribution in [1.82, 2.24) is 0 Å². The summed E-state index contributed by atoms with van der Waals surface area (Å²) in [6, 6.07) is 15.9. The van der Waals surface area contributed by atoms with Gasteiger partial charge in [0, 0.05) is 0 Å². The summed E-state index contributed by atoms with van der Waals surface area (Å²) in [7, 11) is 0. The van der Waals surface area contributed by atoms with Gasteiger partial charge in [0.2, 0.25) is 0 Å². The van der Waals surface area contributed by atoms with Crippen molar-refractivity contribution >= 4 is 45.4 Å². The minimum absolute atomic E-state index is 0.250. The van der Waals surface area contributed by atoms with Gasteiger partial charge in [-0.15, -0.1) is 0 Å². The molecule has 0 fully saturated rings. The lowest BCUT2D eigenvalue weighted by molar-refractivity contribution is 0.0450. The standard InChI is InChI=1S/C74H112O8/c1-5-9-13-17-21-25-29-33-37-41-45-79-71(75)67-55-63-51-59-49-61-53-65-57-69(73(77)81-47-43-39-35-31-27-23-19-15-11-7-3)70(74(78)82-48-44-40-36-32-28-24-20-16-12-8-4)58-66(65)54-62(61)50-60(59)52-64(63)56-68(67)72(76)80-46-42-38-34-30-26-22-18-14-10-6-2/h51-58H,5-50H2,1-4H3. The summed E-state index contributed by atoms with van der Waals surface area (Å²) < 4.78 is 23.6. The minimum Gasteiger partial charge on any atom is -0.462 e. The maximum atomic E-state index is 14.0. The quantitative estimate of drug-likeness (QED) is 0.0215. The molecule has 5 rings (SSSR count). The zero-order chi connectivity index (χ0) is 58.2. The summed E-state index contributed by atoms with van der Waals surface area (Å²) in [4.78, 5) is 55.8. The lowest BCUT2D eigenvalue weighted by Crippen LogP contribution is -2.16. The molecule has 82 heavy (non-hydrogen) atoms. The molecular weight excluding hydrogens is 1020 g/mol. The first kappa shape index (κ1) is 68.1. The third-order valence-corrected chi connectivity index (χ3v) is 17.2. The van der Waals surface area contributed by atoms with Crippen LogP contribution in [0.2, 0.25) is 0 Å². The zero-order valence-electron chi connectivity index (χ0n) is 52.4. The normalized spacial score (nSPS) is 12.0.